The van der Waals surface area contributed by atoms with E-state index in [9.17, 15) is 4.39 Å². The fourth-order valence-electron chi connectivity index (χ4n) is 1.77. The van der Waals surface area contributed by atoms with Crippen molar-refractivity contribution < 1.29 is 4.39 Å². The number of halogens is 2. The number of nitrogens with zero attached hydrogens (tertiary/aromatic N) is 5. The molecule has 8 heteroatoms. The van der Waals surface area contributed by atoms with E-state index in [0.29, 0.717) is 22.5 Å². The summed E-state index contributed by atoms with van der Waals surface area (Å²) in [4.78, 5) is 0. The molecule has 0 aliphatic rings. The van der Waals surface area contributed by atoms with Crippen molar-refractivity contribution in [2.75, 3.05) is 11.9 Å². The molecule has 3 rings (SSSR count). The zero-order valence-corrected chi connectivity index (χ0v) is 11.9. The van der Waals surface area contributed by atoms with Gasteiger partial charge in [0.25, 0.3) is 0 Å². The number of tetrazole rings is 1. The first-order valence-corrected chi connectivity index (χ1v) is 6.75. The lowest BCUT2D eigenvalue weighted by atomic mass is 10.1. The first kappa shape index (κ1) is 12.9. The summed E-state index contributed by atoms with van der Waals surface area (Å²) in [7, 11) is 0. The molecular weight excluding hydrogens is 327 g/mol. The van der Waals surface area contributed by atoms with E-state index in [2.05, 4.69) is 41.9 Å². The van der Waals surface area contributed by atoms with Gasteiger partial charge in [-0.25, -0.2) is 4.39 Å². The molecule has 2 aromatic heterocycles. The van der Waals surface area contributed by atoms with Gasteiger partial charge in [-0.05, 0) is 62.6 Å². The van der Waals surface area contributed by atoms with Crippen LogP contribution in [0.15, 0.2) is 34.8 Å². The number of benzene rings is 1. The summed E-state index contributed by atoms with van der Waals surface area (Å²) in [5.41, 5.74) is 1.63. The van der Waals surface area contributed by atoms with Gasteiger partial charge in [0.15, 0.2) is 5.65 Å². The minimum absolute atomic E-state index is 0.257. The largest absolute Gasteiger partial charge is 0.368 e. The summed E-state index contributed by atoms with van der Waals surface area (Å²) in [6, 6.07) is 8.58. The smallest absolute Gasteiger partial charge is 0.200 e. The van der Waals surface area contributed by atoms with Gasteiger partial charge >= 0.3 is 0 Å². The number of aromatic nitrogens is 5. The first-order valence-electron chi connectivity index (χ1n) is 5.95. The molecule has 0 spiro atoms. The third-order valence-electron chi connectivity index (χ3n) is 2.77. The predicted octanol–water partition coefficient (Wildman–Crippen LogP) is 2.08. The molecule has 0 amide bonds. The monoisotopic (exact) mass is 336 g/mol. The van der Waals surface area contributed by atoms with E-state index >= 15 is 0 Å². The summed E-state index contributed by atoms with van der Waals surface area (Å²) in [6.07, 6.45) is 0.758. The molecule has 0 radical (unpaired) electrons. The molecule has 1 N–H and O–H groups in total. The quantitative estimate of drug-likeness (QED) is 0.789. The molecule has 102 valence electrons. The van der Waals surface area contributed by atoms with Crippen LogP contribution in [0.1, 0.15) is 5.56 Å². The summed E-state index contributed by atoms with van der Waals surface area (Å²) in [5, 5.41) is 18.4. The molecule has 6 nitrogen and oxygen atoms in total. The number of rotatable bonds is 4. The summed E-state index contributed by atoms with van der Waals surface area (Å²) >= 11 is 3.17. The maximum Gasteiger partial charge on any atom is 0.200 e. The Bertz CT molecular complexity index is 744. The number of fused-ring (bicyclic) bond motifs is 1. The predicted molar refractivity (Wildman–Crippen MR) is 74.9 cm³/mol. The van der Waals surface area contributed by atoms with E-state index in [1.807, 2.05) is 6.07 Å². The fraction of sp³-hybridized carbons (Fsp3) is 0.167. The van der Waals surface area contributed by atoms with Crippen LogP contribution < -0.4 is 5.32 Å². The molecule has 0 atom stereocenters. The molecule has 20 heavy (non-hydrogen) atoms. The zero-order chi connectivity index (χ0) is 13.9. The van der Waals surface area contributed by atoms with E-state index in [1.165, 1.54) is 10.7 Å². The summed E-state index contributed by atoms with van der Waals surface area (Å²) in [5.74, 6) is 0.429. The Balaban J connectivity index is 1.62. The third kappa shape index (κ3) is 2.74. The Labute approximate surface area is 122 Å². The van der Waals surface area contributed by atoms with E-state index in [4.69, 9.17) is 0 Å². The topological polar surface area (TPSA) is 68.0 Å². The normalized spacial score (nSPS) is 10.9. The minimum atomic E-state index is -0.257. The van der Waals surface area contributed by atoms with Crippen molar-refractivity contribution in [2.24, 2.45) is 0 Å². The van der Waals surface area contributed by atoms with Crippen molar-refractivity contribution in [3.8, 4) is 0 Å². The average Bonchev–Trinajstić information content (AvgIpc) is 2.90. The van der Waals surface area contributed by atoms with Gasteiger partial charge in [0.2, 0.25) is 0 Å². The SMILES string of the molecule is Fc1ccc(CCNc2ccc3nnnn3n2)cc1Br. The Kier molecular flexibility index (Phi) is 3.55. The van der Waals surface area contributed by atoms with E-state index < -0.39 is 0 Å². The van der Waals surface area contributed by atoms with Crippen LogP contribution in [0.3, 0.4) is 0 Å². The first-order chi connectivity index (χ1) is 9.72. The maximum atomic E-state index is 13.1. The molecular formula is C12H10BrFN6. The van der Waals surface area contributed by atoms with Gasteiger partial charge < -0.3 is 5.32 Å². The van der Waals surface area contributed by atoms with Crippen molar-refractivity contribution in [2.45, 2.75) is 6.42 Å². The van der Waals surface area contributed by atoms with Gasteiger partial charge in [-0.2, -0.15) is 0 Å². The highest BCUT2D eigenvalue weighted by Crippen LogP contribution is 2.17. The highest BCUT2D eigenvalue weighted by Gasteiger charge is 2.02. The molecule has 0 fully saturated rings. The molecule has 0 aliphatic heterocycles. The van der Waals surface area contributed by atoms with Gasteiger partial charge in [0.05, 0.1) is 4.47 Å². The van der Waals surface area contributed by atoms with E-state index in [0.717, 1.165) is 12.0 Å². The van der Waals surface area contributed by atoms with Crippen LogP contribution in [0.25, 0.3) is 5.65 Å². The van der Waals surface area contributed by atoms with E-state index in [1.54, 1.807) is 18.2 Å². The van der Waals surface area contributed by atoms with Crippen molar-refractivity contribution >= 4 is 27.4 Å². The Morgan fingerprint density at radius 3 is 3.00 bits per heavy atom. The van der Waals surface area contributed by atoms with Crippen molar-refractivity contribution in [3.63, 3.8) is 0 Å². The minimum Gasteiger partial charge on any atom is -0.368 e. The molecule has 2 heterocycles. The second kappa shape index (κ2) is 5.49. The zero-order valence-electron chi connectivity index (χ0n) is 10.3. The van der Waals surface area contributed by atoms with Gasteiger partial charge in [0.1, 0.15) is 11.6 Å². The molecule has 0 aliphatic carbocycles. The third-order valence-corrected chi connectivity index (χ3v) is 3.38. The standard InChI is InChI=1S/C12H10BrFN6/c13-9-7-8(1-2-10(9)14)5-6-15-11-3-4-12-16-18-19-20(12)17-11/h1-4,7H,5-6H2,(H,15,17). The maximum absolute atomic E-state index is 13.1. The molecule has 0 unspecified atom stereocenters. The van der Waals surface area contributed by atoms with Gasteiger partial charge in [-0.1, -0.05) is 6.07 Å². The van der Waals surface area contributed by atoms with Gasteiger partial charge in [-0.15, -0.1) is 14.8 Å². The lowest BCUT2D eigenvalue weighted by Gasteiger charge is -2.06. The molecule has 1 aromatic carbocycles. The van der Waals surface area contributed by atoms with Gasteiger partial charge in [-0.3, -0.25) is 0 Å². The number of hydrogen-bond donors (Lipinski definition) is 1. The summed E-state index contributed by atoms with van der Waals surface area (Å²) in [6.45, 7) is 0.679. The number of anilines is 1. The average molecular weight is 337 g/mol. The fourth-order valence-corrected chi connectivity index (χ4v) is 2.20. The van der Waals surface area contributed by atoms with Crippen LogP contribution in [0, 0.1) is 5.82 Å². The number of hydrogen-bond acceptors (Lipinski definition) is 5. The van der Waals surface area contributed by atoms with Gasteiger partial charge in [0, 0.05) is 6.54 Å². The second-order valence-corrected chi connectivity index (χ2v) is 5.02. The Morgan fingerprint density at radius 1 is 1.25 bits per heavy atom. The number of nitrogens with one attached hydrogen (secondary N) is 1. The lowest BCUT2D eigenvalue weighted by Crippen LogP contribution is -2.08. The van der Waals surface area contributed by atoms with Crippen LogP contribution in [-0.4, -0.2) is 31.8 Å². The summed E-state index contributed by atoms with van der Waals surface area (Å²) < 4.78 is 14.9. The van der Waals surface area contributed by atoms with Crippen LogP contribution in [0.2, 0.25) is 0 Å². The van der Waals surface area contributed by atoms with Crippen LogP contribution in [0.4, 0.5) is 10.2 Å². The molecule has 0 bridgehead atoms. The lowest BCUT2D eigenvalue weighted by molar-refractivity contribution is 0.620. The molecule has 3 aromatic rings. The highest BCUT2D eigenvalue weighted by atomic mass is 79.9. The van der Waals surface area contributed by atoms with Crippen molar-refractivity contribution in [1.29, 1.82) is 0 Å². The van der Waals surface area contributed by atoms with Crippen LogP contribution >= 0.6 is 15.9 Å². The Hall–Kier alpha value is -2.09. The highest BCUT2D eigenvalue weighted by molar-refractivity contribution is 9.10. The van der Waals surface area contributed by atoms with Crippen LogP contribution in [-0.2, 0) is 6.42 Å². The van der Waals surface area contributed by atoms with Crippen LogP contribution in [0.5, 0.6) is 0 Å². The second-order valence-electron chi connectivity index (χ2n) is 4.17. The van der Waals surface area contributed by atoms with E-state index in [-0.39, 0.29) is 5.82 Å². The molecule has 0 saturated carbocycles. The molecule has 0 saturated heterocycles. The Morgan fingerprint density at radius 2 is 2.15 bits per heavy atom. The van der Waals surface area contributed by atoms with Crippen molar-refractivity contribution in [1.82, 2.24) is 25.3 Å². The van der Waals surface area contributed by atoms with Crippen molar-refractivity contribution in [3.05, 3.63) is 46.2 Å².